The topological polar surface area (TPSA) is 58.6 Å². The smallest absolute Gasteiger partial charge is 0.260 e. The second-order valence-corrected chi connectivity index (χ2v) is 8.47. The van der Waals surface area contributed by atoms with Gasteiger partial charge < -0.3 is 14.5 Å². The van der Waals surface area contributed by atoms with E-state index in [-0.39, 0.29) is 12.5 Å². The molecular formula is C26H30N4O2. The molecule has 0 bridgehead atoms. The fraction of sp³-hybridized carbons (Fsp3) is 0.346. The van der Waals surface area contributed by atoms with E-state index in [9.17, 15) is 4.79 Å². The number of hydrogen-bond acceptors (Lipinski definition) is 5. The van der Waals surface area contributed by atoms with Crippen molar-refractivity contribution in [3.8, 4) is 17.0 Å². The molecule has 6 nitrogen and oxygen atoms in total. The third kappa shape index (κ3) is 4.74. The molecule has 0 spiro atoms. The number of rotatable bonds is 5. The van der Waals surface area contributed by atoms with Gasteiger partial charge in [0.05, 0.1) is 5.69 Å². The minimum atomic E-state index is 0.0172. The lowest BCUT2D eigenvalue weighted by Crippen LogP contribution is -2.50. The Morgan fingerprint density at radius 1 is 0.875 bits per heavy atom. The summed E-state index contributed by atoms with van der Waals surface area (Å²) in [6.45, 7) is 11.0. The highest BCUT2D eigenvalue weighted by molar-refractivity contribution is 5.78. The van der Waals surface area contributed by atoms with Crippen LogP contribution in [-0.4, -0.2) is 53.8 Å². The van der Waals surface area contributed by atoms with Crippen molar-refractivity contribution in [3.63, 3.8) is 0 Å². The van der Waals surface area contributed by atoms with Crippen molar-refractivity contribution in [2.45, 2.75) is 27.7 Å². The summed E-state index contributed by atoms with van der Waals surface area (Å²) in [4.78, 5) is 16.7. The number of piperazine rings is 1. The van der Waals surface area contributed by atoms with Gasteiger partial charge in [0.15, 0.2) is 12.4 Å². The summed E-state index contributed by atoms with van der Waals surface area (Å²) in [6, 6.07) is 16.4. The molecule has 3 aromatic rings. The normalized spacial score (nSPS) is 13.9. The van der Waals surface area contributed by atoms with E-state index in [4.69, 9.17) is 4.74 Å². The van der Waals surface area contributed by atoms with Gasteiger partial charge in [-0.05, 0) is 56.5 Å². The Bertz CT molecular complexity index is 1080. The first-order chi connectivity index (χ1) is 15.4. The van der Waals surface area contributed by atoms with Crippen molar-refractivity contribution >= 4 is 11.7 Å². The summed E-state index contributed by atoms with van der Waals surface area (Å²) < 4.78 is 5.84. The van der Waals surface area contributed by atoms with Crippen LogP contribution in [0.2, 0.25) is 0 Å². The van der Waals surface area contributed by atoms with Gasteiger partial charge in [0, 0.05) is 31.7 Å². The van der Waals surface area contributed by atoms with Crippen LogP contribution in [0.25, 0.3) is 11.3 Å². The predicted octanol–water partition coefficient (Wildman–Crippen LogP) is 4.10. The average molecular weight is 431 g/mol. The molecule has 0 unspecified atom stereocenters. The lowest BCUT2D eigenvalue weighted by Gasteiger charge is -2.35. The van der Waals surface area contributed by atoms with Crippen LogP contribution in [0, 0.1) is 27.7 Å². The number of anilines is 1. The maximum Gasteiger partial charge on any atom is 0.260 e. The van der Waals surface area contributed by atoms with Crippen LogP contribution in [0.3, 0.4) is 0 Å². The molecule has 6 heteroatoms. The number of hydrogen-bond donors (Lipinski definition) is 0. The molecule has 0 atom stereocenters. The van der Waals surface area contributed by atoms with Crippen molar-refractivity contribution < 1.29 is 9.53 Å². The second-order valence-electron chi connectivity index (χ2n) is 8.47. The Hall–Kier alpha value is -3.41. The monoisotopic (exact) mass is 430 g/mol. The number of nitrogens with zero attached hydrogens (tertiary/aromatic N) is 4. The predicted molar refractivity (Wildman–Crippen MR) is 127 cm³/mol. The lowest BCUT2D eigenvalue weighted by atomic mass is 10.0. The van der Waals surface area contributed by atoms with Crippen LogP contribution < -0.4 is 9.64 Å². The van der Waals surface area contributed by atoms with Crippen molar-refractivity contribution in [2.75, 3.05) is 37.7 Å². The summed E-state index contributed by atoms with van der Waals surface area (Å²) in [5, 5.41) is 8.91. The lowest BCUT2D eigenvalue weighted by molar-refractivity contribution is -0.133. The van der Waals surface area contributed by atoms with Gasteiger partial charge in [0.2, 0.25) is 0 Å². The molecule has 0 N–H and O–H groups in total. The Kier molecular flexibility index (Phi) is 6.40. The molecule has 2 aromatic carbocycles. The van der Waals surface area contributed by atoms with E-state index in [0.29, 0.717) is 13.1 Å². The summed E-state index contributed by atoms with van der Waals surface area (Å²) in [5.41, 5.74) is 6.51. The van der Waals surface area contributed by atoms with E-state index >= 15 is 0 Å². The highest BCUT2D eigenvalue weighted by atomic mass is 16.5. The number of amides is 1. The number of carbonyl (C=O) groups excluding carboxylic acids is 1. The maximum absolute atomic E-state index is 12.6. The molecule has 0 radical (unpaired) electrons. The zero-order valence-corrected chi connectivity index (χ0v) is 19.3. The standard InChI is InChI=1S/C26H30N4O2/c1-18-8-9-22(21(4)16-18)23-10-11-24(28-27-23)29-12-14-30(15-13-29)25(31)17-32-26-19(2)6-5-7-20(26)3/h5-11,16H,12-15,17H2,1-4H3. The average Bonchev–Trinajstić information content (AvgIpc) is 2.79. The van der Waals surface area contributed by atoms with Gasteiger partial charge in [0.25, 0.3) is 5.91 Å². The summed E-state index contributed by atoms with van der Waals surface area (Å²) >= 11 is 0. The van der Waals surface area contributed by atoms with E-state index in [1.165, 1.54) is 11.1 Å². The van der Waals surface area contributed by atoms with Gasteiger partial charge in [0.1, 0.15) is 5.75 Å². The van der Waals surface area contributed by atoms with E-state index in [0.717, 1.165) is 47.0 Å². The first-order valence-electron chi connectivity index (χ1n) is 11.1. The number of aromatic nitrogens is 2. The second kappa shape index (κ2) is 9.39. The Morgan fingerprint density at radius 3 is 2.22 bits per heavy atom. The van der Waals surface area contributed by atoms with Crippen LogP contribution in [0.1, 0.15) is 22.3 Å². The molecule has 32 heavy (non-hydrogen) atoms. The third-order valence-corrected chi connectivity index (χ3v) is 6.01. The number of ether oxygens (including phenoxy) is 1. The minimum absolute atomic E-state index is 0.0172. The highest BCUT2D eigenvalue weighted by Gasteiger charge is 2.23. The molecule has 1 saturated heterocycles. The number of para-hydroxylation sites is 1. The van der Waals surface area contributed by atoms with E-state index < -0.39 is 0 Å². The molecule has 1 amide bonds. The molecule has 2 heterocycles. The van der Waals surface area contributed by atoms with Crippen molar-refractivity contribution in [2.24, 2.45) is 0 Å². The fourth-order valence-corrected chi connectivity index (χ4v) is 4.18. The Morgan fingerprint density at radius 2 is 1.59 bits per heavy atom. The largest absolute Gasteiger partial charge is 0.483 e. The molecular weight excluding hydrogens is 400 g/mol. The quantitative estimate of drug-likeness (QED) is 0.610. The Labute approximate surface area is 189 Å². The van der Waals surface area contributed by atoms with Gasteiger partial charge in [-0.3, -0.25) is 4.79 Å². The zero-order valence-electron chi connectivity index (χ0n) is 19.3. The zero-order chi connectivity index (χ0) is 22.7. The third-order valence-electron chi connectivity index (χ3n) is 6.01. The number of aryl methyl sites for hydroxylation is 4. The maximum atomic E-state index is 12.6. The molecule has 1 aliphatic heterocycles. The van der Waals surface area contributed by atoms with Gasteiger partial charge in [-0.25, -0.2) is 0 Å². The first-order valence-corrected chi connectivity index (χ1v) is 11.1. The van der Waals surface area contributed by atoms with Crippen LogP contribution >= 0.6 is 0 Å². The molecule has 4 rings (SSSR count). The Balaban J connectivity index is 1.33. The van der Waals surface area contributed by atoms with Crippen LogP contribution in [0.5, 0.6) is 5.75 Å². The molecule has 1 aromatic heterocycles. The first kappa shape index (κ1) is 21.8. The molecule has 0 aliphatic carbocycles. The molecule has 0 saturated carbocycles. The number of benzene rings is 2. The van der Waals surface area contributed by atoms with Gasteiger partial charge in [-0.15, -0.1) is 10.2 Å². The molecule has 1 fully saturated rings. The fourth-order valence-electron chi connectivity index (χ4n) is 4.18. The van der Waals surface area contributed by atoms with E-state index in [1.54, 1.807) is 0 Å². The van der Waals surface area contributed by atoms with E-state index in [1.807, 2.05) is 49.1 Å². The van der Waals surface area contributed by atoms with E-state index in [2.05, 4.69) is 47.1 Å². The summed E-state index contributed by atoms with van der Waals surface area (Å²) in [5.74, 6) is 1.67. The van der Waals surface area contributed by atoms with Gasteiger partial charge >= 0.3 is 0 Å². The van der Waals surface area contributed by atoms with Crippen molar-refractivity contribution in [3.05, 3.63) is 70.8 Å². The van der Waals surface area contributed by atoms with Gasteiger partial charge in [-0.1, -0.05) is 42.0 Å². The SMILES string of the molecule is Cc1ccc(-c2ccc(N3CCN(C(=O)COc4c(C)cccc4C)CC3)nn2)c(C)c1. The van der Waals surface area contributed by atoms with Crippen LogP contribution in [0.15, 0.2) is 48.5 Å². The molecule has 1 aliphatic rings. The van der Waals surface area contributed by atoms with Gasteiger partial charge in [-0.2, -0.15) is 0 Å². The number of carbonyl (C=O) groups is 1. The molecule has 166 valence electrons. The minimum Gasteiger partial charge on any atom is -0.483 e. The summed E-state index contributed by atoms with van der Waals surface area (Å²) in [7, 11) is 0. The highest BCUT2D eigenvalue weighted by Crippen LogP contribution is 2.24. The van der Waals surface area contributed by atoms with Crippen molar-refractivity contribution in [1.29, 1.82) is 0 Å². The summed E-state index contributed by atoms with van der Waals surface area (Å²) in [6.07, 6.45) is 0. The van der Waals surface area contributed by atoms with Crippen LogP contribution in [-0.2, 0) is 4.79 Å². The van der Waals surface area contributed by atoms with Crippen molar-refractivity contribution in [1.82, 2.24) is 15.1 Å². The van der Waals surface area contributed by atoms with Crippen LogP contribution in [0.4, 0.5) is 5.82 Å².